The molecule has 14 heavy (non-hydrogen) atoms. The molecular weight excluding hydrogens is 178 g/mol. The van der Waals surface area contributed by atoms with Crippen molar-refractivity contribution in [2.24, 2.45) is 17.8 Å². The summed E-state index contributed by atoms with van der Waals surface area (Å²) < 4.78 is 0. The maximum Gasteiger partial charge on any atom is 0.307 e. The van der Waals surface area contributed by atoms with Crippen molar-refractivity contribution in [1.82, 2.24) is 5.32 Å². The third kappa shape index (κ3) is 2.27. The smallest absolute Gasteiger partial charge is 0.307 e. The summed E-state index contributed by atoms with van der Waals surface area (Å²) in [4.78, 5) is 11.2. The molecule has 2 atom stereocenters. The molecule has 3 heteroatoms. The van der Waals surface area contributed by atoms with Crippen LogP contribution >= 0.6 is 0 Å². The predicted octanol–water partition coefficient (Wildman–Crippen LogP) is 1.49. The highest BCUT2D eigenvalue weighted by Gasteiger charge is 2.40. The van der Waals surface area contributed by atoms with Crippen LogP contribution in [0.15, 0.2) is 0 Å². The highest BCUT2D eigenvalue weighted by molar-refractivity contribution is 5.71. The Morgan fingerprint density at radius 3 is 2.50 bits per heavy atom. The SMILES string of the molecule is O=C(O)C(C1CCCNCC1)C1CC1. The summed E-state index contributed by atoms with van der Waals surface area (Å²) in [6.07, 6.45) is 5.57. The average molecular weight is 197 g/mol. The highest BCUT2D eigenvalue weighted by atomic mass is 16.4. The Morgan fingerprint density at radius 1 is 1.14 bits per heavy atom. The molecule has 2 unspecified atom stereocenters. The van der Waals surface area contributed by atoms with Gasteiger partial charge in [-0.2, -0.15) is 0 Å². The number of rotatable bonds is 3. The van der Waals surface area contributed by atoms with Crippen molar-refractivity contribution in [3.8, 4) is 0 Å². The second-order valence-corrected chi connectivity index (χ2v) is 4.64. The van der Waals surface area contributed by atoms with Gasteiger partial charge < -0.3 is 10.4 Å². The summed E-state index contributed by atoms with van der Waals surface area (Å²) in [6, 6.07) is 0. The molecule has 80 valence electrons. The number of carboxylic acid groups (broad SMARTS) is 1. The largest absolute Gasteiger partial charge is 0.481 e. The maximum atomic E-state index is 11.2. The molecule has 0 aromatic heterocycles. The van der Waals surface area contributed by atoms with Crippen molar-refractivity contribution >= 4 is 5.97 Å². The number of carboxylic acids is 1. The topological polar surface area (TPSA) is 49.3 Å². The molecule has 3 nitrogen and oxygen atoms in total. The Hall–Kier alpha value is -0.570. The number of hydrogen-bond donors (Lipinski definition) is 2. The first-order valence-electron chi connectivity index (χ1n) is 5.72. The van der Waals surface area contributed by atoms with Crippen LogP contribution < -0.4 is 5.32 Å². The number of hydrogen-bond acceptors (Lipinski definition) is 2. The van der Waals surface area contributed by atoms with Crippen LogP contribution in [-0.4, -0.2) is 24.2 Å². The summed E-state index contributed by atoms with van der Waals surface area (Å²) >= 11 is 0. The summed E-state index contributed by atoms with van der Waals surface area (Å²) in [5.74, 6) is 0.319. The molecule has 2 fully saturated rings. The van der Waals surface area contributed by atoms with Gasteiger partial charge in [-0.3, -0.25) is 4.79 Å². The lowest BCUT2D eigenvalue weighted by Crippen LogP contribution is -2.26. The second-order valence-electron chi connectivity index (χ2n) is 4.64. The van der Waals surface area contributed by atoms with Crippen molar-refractivity contribution in [1.29, 1.82) is 0 Å². The average Bonchev–Trinajstić information content (AvgIpc) is 2.91. The molecule has 1 saturated carbocycles. The monoisotopic (exact) mass is 197 g/mol. The van der Waals surface area contributed by atoms with Crippen LogP contribution in [0.4, 0.5) is 0 Å². The molecule has 2 aliphatic rings. The van der Waals surface area contributed by atoms with E-state index in [9.17, 15) is 9.90 Å². The molecule has 0 aromatic rings. The highest BCUT2D eigenvalue weighted by Crippen LogP contribution is 2.43. The minimum absolute atomic E-state index is 0.0464. The van der Waals surface area contributed by atoms with Gasteiger partial charge in [-0.05, 0) is 57.0 Å². The molecule has 1 saturated heterocycles. The van der Waals surface area contributed by atoms with Crippen LogP contribution in [-0.2, 0) is 4.79 Å². The summed E-state index contributed by atoms with van der Waals surface area (Å²) in [6.45, 7) is 2.06. The minimum Gasteiger partial charge on any atom is -0.481 e. The van der Waals surface area contributed by atoms with E-state index >= 15 is 0 Å². The van der Waals surface area contributed by atoms with Gasteiger partial charge in [0.25, 0.3) is 0 Å². The van der Waals surface area contributed by atoms with Gasteiger partial charge >= 0.3 is 5.97 Å². The number of aliphatic carboxylic acids is 1. The standard InChI is InChI=1S/C11H19NO2/c13-11(14)10(9-3-4-9)8-2-1-6-12-7-5-8/h8-10,12H,1-7H2,(H,13,14). The van der Waals surface area contributed by atoms with Gasteiger partial charge in [0, 0.05) is 0 Å². The van der Waals surface area contributed by atoms with Crippen LogP contribution in [0.1, 0.15) is 32.1 Å². The fourth-order valence-corrected chi connectivity index (χ4v) is 2.65. The molecule has 2 rings (SSSR count). The van der Waals surface area contributed by atoms with Gasteiger partial charge in [-0.1, -0.05) is 0 Å². The van der Waals surface area contributed by atoms with Gasteiger partial charge in [0.1, 0.15) is 0 Å². The lowest BCUT2D eigenvalue weighted by Gasteiger charge is -2.21. The van der Waals surface area contributed by atoms with E-state index in [0.717, 1.165) is 45.2 Å². The Bertz CT molecular complexity index is 205. The van der Waals surface area contributed by atoms with Gasteiger partial charge in [0.15, 0.2) is 0 Å². The van der Waals surface area contributed by atoms with Crippen molar-refractivity contribution in [2.45, 2.75) is 32.1 Å². The Labute approximate surface area is 84.9 Å². The first kappa shape index (κ1) is 9.97. The van der Waals surface area contributed by atoms with E-state index in [0.29, 0.717) is 11.8 Å². The van der Waals surface area contributed by atoms with Crippen molar-refractivity contribution in [3.63, 3.8) is 0 Å². The normalized spacial score (nSPS) is 30.7. The molecule has 2 N–H and O–H groups in total. The molecule has 0 aromatic carbocycles. The first-order valence-corrected chi connectivity index (χ1v) is 5.72. The molecule has 0 spiro atoms. The number of nitrogens with one attached hydrogen (secondary N) is 1. The third-order valence-corrected chi connectivity index (χ3v) is 3.54. The van der Waals surface area contributed by atoms with Crippen molar-refractivity contribution in [2.75, 3.05) is 13.1 Å². The molecule has 1 aliphatic carbocycles. The first-order chi connectivity index (χ1) is 6.79. The summed E-state index contributed by atoms with van der Waals surface area (Å²) in [5, 5.41) is 12.5. The Balaban J connectivity index is 1.97. The van der Waals surface area contributed by atoms with E-state index in [1.54, 1.807) is 0 Å². The maximum absolute atomic E-state index is 11.2. The van der Waals surface area contributed by atoms with Gasteiger partial charge in [0.05, 0.1) is 5.92 Å². The molecular formula is C11H19NO2. The lowest BCUT2D eigenvalue weighted by atomic mass is 9.83. The fraction of sp³-hybridized carbons (Fsp3) is 0.909. The number of carbonyl (C=O) groups is 1. The lowest BCUT2D eigenvalue weighted by molar-refractivity contribution is -0.144. The van der Waals surface area contributed by atoms with Crippen molar-refractivity contribution < 1.29 is 9.90 Å². The van der Waals surface area contributed by atoms with Crippen LogP contribution in [0.25, 0.3) is 0 Å². The molecule has 0 amide bonds. The summed E-state index contributed by atoms with van der Waals surface area (Å²) in [5.41, 5.74) is 0. The van der Waals surface area contributed by atoms with E-state index < -0.39 is 5.97 Å². The Morgan fingerprint density at radius 2 is 1.86 bits per heavy atom. The van der Waals surface area contributed by atoms with Crippen LogP contribution in [0.3, 0.4) is 0 Å². The zero-order valence-electron chi connectivity index (χ0n) is 8.54. The zero-order chi connectivity index (χ0) is 9.97. The third-order valence-electron chi connectivity index (χ3n) is 3.54. The molecule has 1 heterocycles. The second kappa shape index (κ2) is 4.30. The molecule has 1 aliphatic heterocycles. The van der Waals surface area contributed by atoms with E-state index in [4.69, 9.17) is 0 Å². The minimum atomic E-state index is -0.556. The van der Waals surface area contributed by atoms with E-state index in [1.165, 1.54) is 0 Å². The van der Waals surface area contributed by atoms with Gasteiger partial charge in [0.2, 0.25) is 0 Å². The van der Waals surface area contributed by atoms with Gasteiger partial charge in [-0.15, -0.1) is 0 Å². The fourth-order valence-electron chi connectivity index (χ4n) is 2.65. The molecule has 0 bridgehead atoms. The van der Waals surface area contributed by atoms with Crippen molar-refractivity contribution in [3.05, 3.63) is 0 Å². The van der Waals surface area contributed by atoms with Crippen LogP contribution in [0.2, 0.25) is 0 Å². The molecule has 0 radical (unpaired) electrons. The summed E-state index contributed by atoms with van der Waals surface area (Å²) in [7, 11) is 0. The van der Waals surface area contributed by atoms with E-state index in [-0.39, 0.29) is 5.92 Å². The van der Waals surface area contributed by atoms with E-state index in [1.807, 2.05) is 0 Å². The predicted molar refractivity (Wildman–Crippen MR) is 54.1 cm³/mol. The zero-order valence-corrected chi connectivity index (χ0v) is 8.54. The van der Waals surface area contributed by atoms with Crippen LogP contribution in [0.5, 0.6) is 0 Å². The van der Waals surface area contributed by atoms with Crippen LogP contribution in [0, 0.1) is 17.8 Å². The van der Waals surface area contributed by atoms with E-state index in [2.05, 4.69) is 5.32 Å². The Kier molecular flexibility index (Phi) is 3.06. The quantitative estimate of drug-likeness (QED) is 0.720. The van der Waals surface area contributed by atoms with Gasteiger partial charge in [-0.25, -0.2) is 0 Å².